The topological polar surface area (TPSA) is 111 Å². The van der Waals surface area contributed by atoms with Gasteiger partial charge in [-0.25, -0.2) is 9.78 Å². The molecule has 9 heteroatoms. The normalized spacial score (nSPS) is 10.5. The summed E-state index contributed by atoms with van der Waals surface area (Å²) in [6, 6.07) is 18.4. The van der Waals surface area contributed by atoms with Crippen LogP contribution in [0.1, 0.15) is 20.7 Å². The van der Waals surface area contributed by atoms with E-state index < -0.39 is 24.4 Å². The summed E-state index contributed by atoms with van der Waals surface area (Å²) < 4.78 is 10.5. The van der Waals surface area contributed by atoms with Crippen LogP contribution in [0.15, 0.2) is 77.4 Å². The number of hydrogen-bond donors (Lipinski definition) is 2. The van der Waals surface area contributed by atoms with Gasteiger partial charge < -0.3 is 9.15 Å². The van der Waals surface area contributed by atoms with Crippen LogP contribution in [0.5, 0.6) is 0 Å². The number of hydrogen-bond acceptors (Lipinski definition) is 6. The summed E-state index contributed by atoms with van der Waals surface area (Å²) in [5.41, 5.74) is 5.86. The fourth-order valence-electron chi connectivity index (χ4n) is 2.98. The highest BCUT2D eigenvalue weighted by molar-refractivity contribution is 6.33. The Morgan fingerprint density at radius 2 is 1.72 bits per heavy atom. The van der Waals surface area contributed by atoms with Crippen molar-refractivity contribution in [1.82, 2.24) is 15.8 Å². The largest absolute Gasteiger partial charge is 0.463 e. The van der Waals surface area contributed by atoms with Gasteiger partial charge in [0.1, 0.15) is 5.69 Å². The lowest BCUT2D eigenvalue weighted by Crippen LogP contribution is -2.43. The Morgan fingerprint density at radius 3 is 2.50 bits per heavy atom. The van der Waals surface area contributed by atoms with Crippen LogP contribution in [-0.4, -0.2) is 29.4 Å². The number of esters is 1. The third kappa shape index (κ3) is 4.60. The zero-order valence-corrected chi connectivity index (χ0v) is 17.3. The second-order valence-corrected chi connectivity index (χ2v) is 7.01. The second-order valence-electron chi connectivity index (χ2n) is 6.61. The highest BCUT2D eigenvalue weighted by atomic mass is 35.5. The van der Waals surface area contributed by atoms with Crippen molar-refractivity contribution in [3.63, 3.8) is 0 Å². The van der Waals surface area contributed by atoms with E-state index in [9.17, 15) is 14.4 Å². The first-order valence-electron chi connectivity index (χ1n) is 9.47. The fourth-order valence-corrected chi connectivity index (χ4v) is 3.20. The molecule has 0 aliphatic carbocycles. The van der Waals surface area contributed by atoms with E-state index in [1.165, 1.54) is 12.3 Å². The number of ether oxygens (including phenoxy) is 1. The summed E-state index contributed by atoms with van der Waals surface area (Å²) in [5.74, 6) is -1.55. The van der Waals surface area contributed by atoms with Crippen LogP contribution in [0.25, 0.3) is 22.4 Å². The summed E-state index contributed by atoms with van der Waals surface area (Å²) in [4.78, 5) is 41.4. The zero-order valence-electron chi connectivity index (χ0n) is 16.5. The molecular formula is C23H16ClN3O5. The number of carbonyl (C=O) groups is 3. The maximum absolute atomic E-state index is 12.7. The standard InChI is InChI=1S/C23H16ClN3O5/c24-17-8-3-1-7-15(17)22(29)27-26-21(28)13-32-23(30)16-12-19(20-10-5-11-31-20)25-18-9-4-2-6-14(16)18/h1-12H,13H2,(H,26,28)(H,27,29). The molecule has 0 spiro atoms. The minimum Gasteiger partial charge on any atom is -0.463 e. The number of aromatic nitrogens is 1. The van der Waals surface area contributed by atoms with E-state index in [4.69, 9.17) is 20.8 Å². The number of hydrazine groups is 1. The van der Waals surface area contributed by atoms with Gasteiger partial charge in [0.2, 0.25) is 0 Å². The molecule has 0 aliphatic rings. The number of halogens is 1. The molecule has 0 unspecified atom stereocenters. The highest BCUT2D eigenvalue weighted by Gasteiger charge is 2.18. The van der Waals surface area contributed by atoms with Gasteiger partial charge in [-0.1, -0.05) is 41.9 Å². The van der Waals surface area contributed by atoms with Gasteiger partial charge in [-0.15, -0.1) is 0 Å². The van der Waals surface area contributed by atoms with Gasteiger partial charge in [-0.05, 0) is 36.4 Å². The molecular weight excluding hydrogens is 434 g/mol. The molecule has 160 valence electrons. The van der Waals surface area contributed by atoms with Crippen molar-refractivity contribution >= 4 is 40.3 Å². The molecule has 4 aromatic rings. The van der Waals surface area contributed by atoms with E-state index in [0.29, 0.717) is 22.4 Å². The molecule has 0 saturated heterocycles. The lowest BCUT2D eigenvalue weighted by molar-refractivity contribution is -0.125. The molecule has 0 atom stereocenters. The van der Waals surface area contributed by atoms with Gasteiger partial charge in [0, 0.05) is 5.39 Å². The number of rotatable bonds is 5. The third-order valence-corrected chi connectivity index (χ3v) is 4.81. The van der Waals surface area contributed by atoms with Crippen LogP contribution >= 0.6 is 11.6 Å². The molecule has 2 heterocycles. The second kappa shape index (κ2) is 9.32. The number of carbonyl (C=O) groups excluding carboxylic acids is 3. The molecule has 0 saturated carbocycles. The molecule has 4 rings (SSSR count). The van der Waals surface area contributed by atoms with Crippen LogP contribution in [0.4, 0.5) is 0 Å². The molecule has 2 aromatic heterocycles. The molecule has 32 heavy (non-hydrogen) atoms. The number of pyridine rings is 1. The van der Waals surface area contributed by atoms with Crippen molar-refractivity contribution in [2.75, 3.05) is 6.61 Å². The van der Waals surface area contributed by atoms with Crippen molar-refractivity contribution in [3.8, 4) is 11.5 Å². The number of nitrogens with zero attached hydrogens (tertiary/aromatic N) is 1. The lowest BCUT2D eigenvalue weighted by Gasteiger charge is -2.10. The molecule has 0 bridgehead atoms. The monoisotopic (exact) mass is 449 g/mol. The minimum atomic E-state index is -0.719. The summed E-state index contributed by atoms with van der Waals surface area (Å²) in [6.45, 7) is -0.603. The fraction of sp³-hybridized carbons (Fsp3) is 0.0435. The van der Waals surface area contributed by atoms with E-state index in [1.807, 2.05) is 0 Å². The van der Waals surface area contributed by atoms with Gasteiger partial charge in [0.05, 0.1) is 27.9 Å². The first-order chi connectivity index (χ1) is 15.5. The van der Waals surface area contributed by atoms with Crippen molar-refractivity contribution < 1.29 is 23.5 Å². The van der Waals surface area contributed by atoms with Crippen molar-refractivity contribution in [2.45, 2.75) is 0 Å². The van der Waals surface area contributed by atoms with Gasteiger partial charge in [0.25, 0.3) is 11.8 Å². The number of furan rings is 1. The summed E-state index contributed by atoms with van der Waals surface area (Å²) in [7, 11) is 0. The molecule has 0 radical (unpaired) electrons. The smallest absolute Gasteiger partial charge is 0.339 e. The van der Waals surface area contributed by atoms with E-state index in [2.05, 4.69) is 15.8 Å². The Morgan fingerprint density at radius 1 is 0.938 bits per heavy atom. The van der Waals surface area contributed by atoms with Crippen LogP contribution in [0.2, 0.25) is 5.02 Å². The van der Waals surface area contributed by atoms with E-state index in [0.717, 1.165) is 0 Å². The molecule has 8 nitrogen and oxygen atoms in total. The van der Waals surface area contributed by atoms with Gasteiger partial charge in [-0.2, -0.15) is 0 Å². The average Bonchev–Trinajstić information content (AvgIpc) is 3.35. The van der Waals surface area contributed by atoms with E-state index in [-0.39, 0.29) is 16.1 Å². The van der Waals surface area contributed by atoms with Gasteiger partial charge >= 0.3 is 5.97 Å². The lowest BCUT2D eigenvalue weighted by atomic mass is 10.1. The molecule has 0 fully saturated rings. The predicted octanol–water partition coefficient (Wildman–Crippen LogP) is 3.77. The predicted molar refractivity (Wildman–Crippen MR) is 117 cm³/mol. The Labute approximate surface area is 187 Å². The maximum atomic E-state index is 12.7. The minimum absolute atomic E-state index is 0.195. The summed E-state index contributed by atoms with van der Waals surface area (Å²) >= 11 is 5.95. The molecule has 2 amide bonds. The SMILES string of the molecule is O=C(COC(=O)c1cc(-c2ccco2)nc2ccccc12)NNC(=O)c1ccccc1Cl. The molecule has 2 aromatic carbocycles. The van der Waals surface area contributed by atoms with Crippen molar-refractivity contribution in [2.24, 2.45) is 0 Å². The van der Waals surface area contributed by atoms with Crippen molar-refractivity contribution in [3.05, 3.63) is 89.1 Å². The maximum Gasteiger partial charge on any atom is 0.339 e. The van der Waals surface area contributed by atoms with Gasteiger partial charge in [-0.3, -0.25) is 20.4 Å². The number of amides is 2. The van der Waals surface area contributed by atoms with Crippen LogP contribution in [-0.2, 0) is 9.53 Å². The average molecular weight is 450 g/mol. The van der Waals surface area contributed by atoms with Crippen LogP contribution in [0, 0.1) is 0 Å². The molecule has 2 N–H and O–H groups in total. The van der Waals surface area contributed by atoms with E-state index >= 15 is 0 Å². The first kappa shape index (κ1) is 21.1. The number of fused-ring (bicyclic) bond motifs is 1. The highest BCUT2D eigenvalue weighted by Crippen LogP contribution is 2.25. The van der Waals surface area contributed by atoms with Crippen LogP contribution in [0.3, 0.4) is 0 Å². The van der Waals surface area contributed by atoms with Crippen LogP contribution < -0.4 is 10.9 Å². The summed E-state index contributed by atoms with van der Waals surface area (Å²) in [6.07, 6.45) is 1.51. The van der Waals surface area contributed by atoms with Crippen molar-refractivity contribution in [1.29, 1.82) is 0 Å². The summed E-state index contributed by atoms with van der Waals surface area (Å²) in [5, 5.41) is 0.808. The Bertz CT molecular complexity index is 1300. The quantitative estimate of drug-likeness (QED) is 0.354. The van der Waals surface area contributed by atoms with Gasteiger partial charge in [0.15, 0.2) is 12.4 Å². The Kier molecular flexibility index (Phi) is 6.14. The zero-order chi connectivity index (χ0) is 22.5. The third-order valence-electron chi connectivity index (χ3n) is 4.48. The number of benzene rings is 2. The first-order valence-corrected chi connectivity index (χ1v) is 9.85. The Hall–Kier alpha value is -4.17. The number of para-hydroxylation sites is 1. The molecule has 0 aliphatic heterocycles. The van der Waals surface area contributed by atoms with E-state index in [1.54, 1.807) is 60.7 Å². The Balaban J connectivity index is 1.43. The number of nitrogens with one attached hydrogen (secondary N) is 2.